The molecule has 1 heterocycles. The zero-order valence-electron chi connectivity index (χ0n) is 15.0. The Bertz CT molecular complexity index is 689. The molecule has 4 nitrogen and oxygen atoms in total. The van der Waals surface area contributed by atoms with E-state index >= 15 is 0 Å². The Hall–Kier alpha value is -2.33. The molecular weight excluding hydrogens is 312 g/mol. The van der Waals surface area contributed by atoms with E-state index in [9.17, 15) is 4.79 Å². The Morgan fingerprint density at radius 3 is 2.32 bits per heavy atom. The highest BCUT2D eigenvalue weighted by molar-refractivity contribution is 5.94. The third-order valence-corrected chi connectivity index (χ3v) is 4.74. The third-order valence-electron chi connectivity index (χ3n) is 4.74. The summed E-state index contributed by atoms with van der Waals surface area (Å²) in [5, 5.41) is 3.08. The van der Waals surface area contributed by atoms with Crippen molar-refractivity contribution in [2.45, 2.75) is 26.3 Å². The molecule has 25 heavy (non-hydrogen) atoms. The zero-order valence-corrected chi connectivity index (χ0v) is 15.0. The van der Waals surface area contributed by atoms with Crippen molar-refractivity contribution >= 4 is 11.6 Å². The van der Waals surface area contributed by atoms with E-state index in [-0.39, 0.29) is 11.9 Å². The van der Waals surface area contributed by atoms with E-state index < -0.39 is 0 Å². The number of carbonyl (C=O) groups is 1. The first-order valence-corrected chi connectivity index (χ1v) is 9.00. The minimum absolute atomic E-state index is 0.0164. The monoisotopic (exact) mass is 338 g/mol. The van der Waals surface area contributed by atoms with E-state index in [0.717, 1.165) is 44.0 Å². The van der Waals surface area contributed by atoms with Gasteiger partial charge in [-0.3, -0.25) is 4.79 Å². The molecule has 2 aromatic carbocycles. The molecule has 1 aliphatic heterocycles. The topological polar surface area (TPSA) is 41.6 Å². The van der Waals surface area contributed by atoms with Crippen molar-refractivity contribution in [3.63, 3.8) is 0 Å². The lowest BCUT2D eigenvalue weighted by atomic mass is 10.0. The molecule has 0 aromatic heterocycles. The number of hydrogen-bond acceptors (Lipinski definition) is 3. The van der Waals surface area contributed by atoms with Crippen LogP contribution in [0.25, 0.3) is 0 Å². The van der Waals surface area contributed by atoms with Crippen LogP contribution in [-0.4, -0.2) is 32.2 Å². The zero-order chi connectivity index (χ0) is 17.6. The van der Waals surface area contributed by atoms with Crippen molar-refractivity contribution in [3.8, 4) is 0 Å². The minimum atomic E-state index is -0.0411. The van der Waals surface area contributed by atoms with Crippen LogP contribution in [0.5, 0.6) is 0 Å². The molecule has 0 radical (unpaired) electrons. The van der Waals surface area contributed by atoms with E-state index in [2.05, 4.69) is 41.4 Å². The van der Waals surface area contributed by atoms with Crippen LogP contribution in [-0.2, 0) is 11.2 Å². The minimum Gasteiger partial charge on any atom is -0.378 e. The maximum atomic E-state index is 12.5. The van der Waals surface area contributed by atoms with E-state index in [1.54, 1.807) is 0 Å². The molecule has 1 amide bonds. The predicted molar refractivity (Wildman–Crippen MR) is 101 cm³/mol. The Labute approximate surface area is 149 Å². The summed E-state index contributed by atoms with van der Waals surface area (Å²) in [6.45, 7) is 7.47. The van der Waals surface area contributed by atoms with Gasteiger partial charge in [-0.2, -0.15) is 0 Å². The Balaban J connectivity index is 1.61. The number of nitrogens with zero attached hydrogens (tertiary/aromatic N) is 1. The average Bonchev–Trinajstić information content (AvgIpc) is 2.68. The summed E-state index contributed by atoms with van der Waals surface area (Å²) < 4.78 is 5.38. The van der Waals surface area contributed by atoms with Gasteiger partial charge in [-0.15, -0.1) is 0 Å². The Morgan fingerprint density at radius 1 is 1.08 bits per heavy atom. The summed E-state index contributed by atoms with van der Waals surface area (Å²) in [7, 11) is 0. The first-order chi connectivity index (χ1) is 12.2. The van der Waals surface area contributed by atoms with Crippen LogP contribution in [0.15, 0.2) is 48.5 Å². The van der Waals surface area contributed by atoms with Gasteiger partial charge in [0.1, 0.15) is 0 Å². The van der Waals surface area contributed by atoms with Gasteiger partial charge in [0.2, 0.25) is 0 Å². The number of nitrogens with one attached hydrogen (secondary N) is 1. The van der Waals surface area contributed by atoms with E-state index in [1.165, 1.54) is 5.56 Å². The number of carbonyl (C=O) groups excluding carboxylic acids is 1. The summed E-state index contributed by atoms with van der Waals surface area (Å²) in [6, 6.07) is 16.2. The van der Waals surface area contributed by atoms with Gasteiger partial charge in [-0.1, -0.05) is 31.2 Å². The first kappa shape index (κ1) is 17.5. The highest BCUT2D eigenvalue weighted by Crippen LogP contribution is 2.18. The summed E-state index contributed by atoms with van der Waals surface area (Å²) in [6.07, 6.45) is 1.02. The smallest absolute Gasteiger partial charge is 0.251 e. The van der Waals surface area contributed by atoms with E-state index in [0.29, 0.717) is 5.56 Å². The molecular formula is C21H26N2O2. The number of ether oxygens (including phenoxy) is 1. The lowest BCUT2D eigenvalue weighted by Crippen LogP contribution is -2.36. The molecule has 3 rings (SSSR count). The van der Waals surface area contributed by atoms with Gasteiger partial charge in [-0.25, -0.2) is 0 Å². The van der Waals surface area contributed by atoms with Gasteiger partial charge in [0.15, 0.2) is 0 Å². The summed E-state index contributed by atoms with van der Waals surface area (Å²) in [4.78, 5) is 14.8. The first-order valence-electron chi connectivity index (χ1n) is 9.00. The number of anilines is 1. The third kappa shape index (κ3) is 4.40. The molecule has 1 saturated heterocycles. The summed E-state index contributed by atoms with van der Waals surface area (Å²) in [5.74, 6) is -0.0411. The standard InChI is InChI=1S/C21H26N2O2/c1-3-17-4-6-18(7-5-17)16(2)22-21(24)19-8-10-20(11-9-19)23-12-14-25-15-13-23/h4-11,16H,3,12-15H2,1-2H3,(H,22,24)/t16-/m1/s1. The molecule has 0 aliphatic carbocycles. The fourth-order valence-corrected chi connectivity index (χ4v) is 3.05. The van der Waals surface area contributed by atoms with Crippen LogP contribution < -0.4 is 10.2 Å². The van der Waals surface area contributed by atoms with Gasteiger partial charge in [0, 0.05) is 24.3 Å². The summed E-state index contributed by atoms with van der Waals surface area (Å²) in [5.41, 5.74) is 4.26. The van der Waals surface area contributed by atoms with E-state index in [4.69, 9.17) is 4.74 Å². The van der Waals surface area contributed by atoms with Gasteiger partial charge in [0.05, 0.1) is 19.3 Å². The average molecular weight is 338 g/mol. The fourth-order valence-electron chi connectivity index (χ4n) is 3.05. The van der Waals surface area contributed by atoms with Crippen LogP contribution in [0.3, 0.4) is 0 Å². The van der Waals surface area contributed by atoms with Crippen molar-refractivity contribution in [2.24, 2.45) is 0 Å². The molecule has 2 aromatic rings. The molecule has 0 bridgehead atoms. The molecule has 1 N–H and O–H groups in total. The van der Waals surface area contributed by atoms with Gasteiger partial charge in [0.25, 0.3) is 5.91 Å². The quantitative estimate of drug-likeness (QED) is 0.906. The van der Waals surface area contributed by atoms with Crippen molar-refractivity contribution in [1.82, 2.24) is 5.32 Å². The predicted octanol–water partition coefficient (Wildman–Crippen LogP) is 3.58. The van der Waals surface area contributed by atoms with Gasteiger partial charge in [-0.05, 0) is 48.7 Å². The van der Waals surface area contributed by atoms with Crippen molar-refractivity contribution in [2.75, 3.05) is 31.2 Å². The molecule has 1 fully saturated rings. The molecule has 132 valence electrons. The maximum Gasteiger partial charge on any atom is 0.251 e. The number of amides is 1. The van der Waals surface area contributed by atoms with E-state index in [1.807, 2.05) is 31.2 Å². The number of benzene rings is 2. The Morgan fingerprint density at radius 2 is 1.72 bits per heavy atom. The molecule has 4 heteroatoms. The molecule has 0 saturated carbocycles. The number of aryl methyl sites for hydroxylation is 1. The van der Waals surface area contributed by atoms with Crippen molar-refractivity contribution in [3.05, 3.63) is 65.2 Å². The van der Waals surface area contributed by atoms with Crippen LogP contribution in [0.4, 0.5) is 5.69 Å². The number of hydrogen-bond donors (Lipinski definition) is 1. The molecule has 0 unspecified atom stereocenters. The number of rotatable bonds is 5. The maximum absolute atomic E-state index is 12.5. The fraction of sp³-hybridized carbons (Fsp3) is 0.381. The van der Waals surface area contributed by atoms with Crippen LogP contribution in [0.2, 0.25) is 0 Å². The second-order valence-corrected chi connectivity index (χ2v) is 6.44. The van der Waals surface area contributed by atoms with Gasteiger partial charge < -0.3 is 15.0 Å². The van der Waals surface area contributed by atoms with Crippen LogP contribution in [0.1, 0.15) is 41.4 Å². The summed E-state index contributed by atoms with van der Waals surface area (Å²) >= 11 is 0. The normalized spacial score (nSPS) is 15.7. The second kappa shape index (κ2) is 8.17. The van der Waals surface area contributed by atoms with Gasteiger partial charge >= 0.3 is 0 Å². The largest absolute Gasteiger partial charge is 0.378 e. The highest BCUT2D eigenvalue weighted by atomic mass is 16.5. The molecule has 1 atom stereocenters. The molecule has 0 spiro atoms. The lowest BCUT2D eigenvalue weighted by Gasteiger charge is -2.28. The van der Waals surface area contributed by atoms with Crippen LogP contribution in [0, 0.1) is 0 Å². The number of morpholine rings is 1. The second-order valence-electron chi connectivity index (χ2n) is 6.44. The highest BCUT2D eigenvalue weighted by Gasteiger charge is 2.14. The van der Waals surface area contributed by atoms with Crippen molar-refractivity contribution in [1.29, 1.82) is 0 Å². The van der Waals surface area contributed by atoms with Crippen LogP contribution >= 0.6 is 0 Å². The van der Waals surface area contributed by atoms with Crippen molar-refractivity contribution < 1.29 is 9.53 Å². The molecule has 1 aliphatic rings. The lowest BCUT2D eigenvalue weighted by molar-refractivity contribution is 0.0940. The SMILES string of the molecule is CCc1ccc([C@@H](C)NC(=O)c2ccc(N3CCOCC3)cc2)cc1. The Kier molecular flexibility index (Phi) is 5.71.